The van der Waals surface area contributed by atoms with Crippen LogP contribution in [0.4, 0.5) is 14.5 Å². The summed E-state index contributed by atoms with van der Waals surface area (Å²) in [5, 5.41) is 11.7. The molecular weight excluding hydrogens is 480 g/mol. The highest BCUT2D eigenvalue weighted by Gasteiger charge is 2.17. The lowest BCUT2D eigenvalue weighted by Crippen LogP contribution is -2.27. The lowest BCUT2D eigenvalue weighted by molar-refractivity contribution is 0.0991. The largest absolute Gasteiger partial charge is 0.452 e. The lowest BCUT2D eigenvalue weighted by atomic mass is 10.0. The van der Waals surface area contributed by atoms with Crippen LogP contribution < -0.4 is 15.2 Å². The molecule has 0 spiro atoms. The number of nitrogens with one attached hydrogen (secondary N) is 1. The summed E-state index contributed by atoms with van der Waals surface area (Å²) in [6.45, 7) is 0. The predicted molar refractivity (Wildman–Crippen MR) is 135 cm³/mol. The first-order chi connectivity index (χ1) is 17.8. The lowest BCUT2D eigenvalue weighted by Gasteiger charge is -2.18. The summed E-state index contributed by atoms with van der Waals surface area (Å²) >= 11 is 0. The van der Waals surface area contributed by atoms with Gasteiger partial charge in [-0.2, -0.15) is 14.9 Å². The van der Waals surface area contributed by atoms with Crippen molar-refractivity contribution in [3.05, 3.63) is 106 Å². The molecule has 10 heteroatoms. The number of ether oxygens (including phenoxy) is 1. The third-order valence-electron chi connectivity index (χ3n) is 5.80. The molecule has 0 radical (unpaired) electrons. The Kier molecular flexibility index (Phi) is 6.22. The van der Waals surface area contributed by atoms with Crippen molar-refractivity contribution < 1.29 is 18.3 Å². The van der Waals surface area contributed by atoms with Gasteiger partial charge in [0.25, 0.3) is 5.56 Å². The minimum Gasteiger partial charge on any atom is -0.452 e. The van der Waals surface area contributed by atoms with Crippen LogP contribution in [0.15, 0.2) is 77.9 Å². The number of rotatable bonds is 7. The summed E-state index contributed by atoms with van der Waals surface area (Å²) in [4.78, 5) is 27.6. The minimum atomic E-state index is -0.652. The molecule has 3 aromatic carbocycles. The molecule has 1 N–H and O–H groups in total. The van der Waals surface area contributed by atoms with Crippen molar-refractivity contribution in [2.24, 2.45) is 0 Å². The van der Waals surface area contributed by atoms with Gasteiger partial charge >= 0.3 is 0 Å². The number of hydrogen-bond acceptors (Lipinski definition) is 6. The average Bonchev–Trinajstić information content (AvgIpc) is 3.33. The monoisotopic (exact) mass is 501 g/mol. The molecule has 0 aliphatic heterocycles. The number of benzene rings is 3. The van der Waals surface area contributed by atoms with Crippen LogP contribution in [0.3, 0.4) is 0 Å². The molecule has 186 valence electrons. The van der Waals surface area contributed by atoms with Crippen LogP contribution in [0, 0.1) is 11.6 Å². The number of fused-ring (bicyclic) bond motifs is 1. The summed E-state index contributed by atoms with van der Waals surface area (Å²) in [7, 11) is 3.69. The molecule has 0 fully saturated rings. The number of carbonyl (C=O) groups excluding carboxylic acids is 1. The molecule has 2 aromatic heterocycles. The van der Waals surface area contributed by atoms with E-state index >= 15 is 0 Å². The van der Waals surface area contributed by atoms with E-state index in [1.54, 1.807) is 18.3 Å². The number of ketones is 1. The number of carbonyl (C=O) groups is 1. The van der Waals surface area contributed by atoms with Crippen molar-refractivity contribution in [2.45, 2.75) is 6.42 Å². The van der Waals surface area contributed by atoms with E-state index in [9.17, 15) is 18.4 Å². The SMILES string of the molecule is CN(C)c1cc2[nH]ncc2cc1Oc1ccc(CC(=O)c2ccnn(-c3ccc(F)cc3)c2=O)cc1F. The zero-order chi connectivity index (χ0) is 26.1. The van der Waals surface area contributed by atoms with Crippen molar-refractivity contribution in [3.63, 3.8) is 0 Å². The Morgan fingerprint density at radius 2 is 1.81 bits per heavy atom. The van der Waals surface area contributed by atoms with Gasteiger partial charge in [-0.05, 0) is 60.2 Å². The summed E-state index contributed by atoms with van der Waals surface area (Å²) in [5.41, 5.74) is 1.48. The number of Topliss-reactive ketones (excluding diaryl/α,β-unsaturated/α-hetero) is 1. The van der Waals surface area contributed by atoms with Gasteiger partial charge in [-0.15, -0.1) is 0 Å². The number of anilines is 1. The van der Waals surface area contributed by atoms with Crippen molar-refractivity contribution in [3.8, 4) is 17.2 Å². The van der Waals surface area contributed by atoms with Crippen LogP contribution in [0.5, 0.6) is 11.5 Å². The molecular formula is C27H21F2N5O3. The van der Waals surface area contributed by atoms with Crippen LogP contribution >= 0.6 is 0 Å². The second-order valence-corrected chi connectivity index (χ2v) is 8.58. The summed E-state index contributed by atoms with van der Waals surface area (Å²) in [6, 6.07) is 14.3. The van der Waals surface area contributed by atoms with Crippen LogP contribution in [-0.2, 0) is 6.42 Å². The van der Waals surface area contributed by atoms with Crippen molar-refractivity contribution in [2.75, 3.05) is 19.0 Å². The Hall–Kier alpha value is -4.86. The van der Waals surface area contributed by atoms with E-state index in [0.717, 1.165) is 21.3 Å². The molecule has 2 heterocycles. The number of H-pyrrole nitrogens is 1. The third kappa shape index (κ3) is 4.81. The fourth-order valence-corrected chi connectivity index (χ4v) is 3.92. The van der Waals surface area contributed by atoms with Crippen LogP contribution in [-0.4, -0.2) is 39.9 Å². The van der Waals surface area contributed by atoms with E-state index in [1.807, 2.05) is 25.1 Å². The summed E-state index contributed by atoms with van der Waals surface area (Å²) < 4.78 is 35.1. The highest BCUT2D eigenvalue weighted by Crippen LogP contribution is 2.36. The first kappa shape index (κ1) is 23.9. The summed E-state index contributed by atoms with van der Waals surface area (Å²) in [5.74, 6) is -1.18. The van der Waals surface area contributed by atoms with Gasteiger partial charge in [0.15, 0.2) is 23.1 Å². The quantitative estimate of drug-likeness (QED) is 0.326. The van der Waals surface area contributed by atoms with E-state index in [1.165, 1.54) is 48.7 Å². The first-order valence-electron chi connectivity index (χ1n) is 11.3. The fraction of sp³-hybridized carbons (Fsp3) is 0.111. The number of nitrogens with zero attached hydrogens (tertiary/aromatic N) is 4. The molecule has 0 atom stereocenters. The first-order valence-corrected chi connectivity index (χ1v) is 11.3. The van der Waals surface area contributed by atoms with Gasteiger partial charge in [0.2, 0.25) is 0 Å². The van der Waals surface area contributed by atoms with Gasteiger partial charge in [-0.3, -0.25) is 14.7 Å². The number of aromatic nitrogens is 4. The molecule has 0 amide bonds. The Morgan fingerprint density at radius 3 is 2.54 bits per heavy atom. The maximum absolute atomic E-state index is 15.0. The molecule has 5 aromatic rings. The molecule has 37 heavy (non-hydrogen) atoms. The topological polar surface area (TPSA) is 93.1 Å². The molecule has 0 unspecified atom stereocenters. The van der Waals surface area contributed by atoms with Crippen LogP contribution in [0.25, 0.3) is 16.6 Å². The fourth-order valence-electron chi connectivity index (χ4n) is 3.92. The standard InChI is InChI=1S/C27H21F2N5O3/c1-33(2)23-14-22-17(15-30-32-22)13-26(23)37-25-8-3-16(11-21(25)29)12-24(35)20-9-10-31-34(27(20)36)19-6-4-18(28)5-7-19/h3-11,13-15H,12H2,1-2H3,(H,30,32). The smallest absolute Gasteiger partial charge is 0.282 e. The minimum absolute atomic E-state index is 0.00952. The number of aromatic amines is 1. The molecule has 0 bridgehead atoms. The molecule has 0 saturated heterocycles. The summed E-state index contributed by atoms with van der Waals surface area (Å²) in [6.07, 6.45) is 2.76. The zero-order valence-electron chi connectivity index (χ0n) is 19.9. The van der Waals surface area contributed by atoms with Gasteiger partial charge in [0.05, 0.1) is 28.7 Å². The predicted octanol–water partition coefficient (Wildman–Crippen LogP) is 4.67. The van der Waals surface area contributed by atoms with Gasteiger partial charge in [0, 0.05) is 32.1 Å². The molecule has 8 nitrogen and oxygen atoms in total. The van der Waals surface area contributed by atoms with E-state index in [4.69, 9.17) is 4.74 Å². The van der Waals surface area contributed by atoms with E-state index < -0.39 is 23.0 Å². The Balaban J connectivity index is 1.38. The van der Waals surface area contributed by atoms with Crippen molar-refractivity contribution >= 4 is 22.4 Å². The van der Waals surface area contributed by atoms with E-state index in [2.05, 4.69) is 15.3 Å². The zero-order valence-corrected chi connectivity index (χ0v) is 19.9. The Labute approximate surface area is 209 Å². The van der Waals surface area contributed by atoms with Crippen LogP contribution in [0.1, 0.15) is 15.9 Å². The highest BCUT2D eigenvalue weighted by molar-refractivity contribution is 5.97. The molecule has 5 rings (SSSR count). The normalized spacial score (nSPS) is 11.0. The molecule has 0 aliphatic carbocycles. The van der Waals surface area contributed by atoms with Gasteiger partial charge in [0.1, 0.15) is 5.82 Å². The Bertz CT molecular complexity index is 1680. The van der Waals surface area contributed by atoms with E-state index in [0.29, 0.717) is 17.0 Å². The van der Waals surface area contributed by atoms with Gasteiger partial charge in [-0.25, -0.2) is 8.78 Å². The second kappa shape index (κ2) is 9.65. The third-order valence-corrected chi connectivity index (χ3v) is 5.80. The van der Waals surface area contributed by atoms with Crippen LogP contribution in [0.2, 0.25) is 0 Å². The molecule has 0 saturated carbocycles. The van der Waals surface area contributed by atoms with Gasteiger partial charge in [-0.1, -0.05) is 6.07 Å². The second-order valence-electron chi connectivity index (χ2n) is 8.58. The number of halogens is 2. The van der Waals surface area contributed by atoms with Crippen molar-refractivity contribution in [1.82, 2.24) is 20.0 Å². The average molecular weight is 501 g/mol. The van der Waals surface area contributed by atoms with E-state index in [-0.39, 0.29) is 17.7 Å². The maximum atomic E-state index is 15.0. The number of hydrogen-bond donors (Lipinski definition) is 1. The Morgan fingerprint density at radius 1 is 1.03 bits per heavy atom. The van der Waals surface area contributed by atoms with Crippen molar-refractivity contribution in [1.29, 1.82) is 0 Å². The van der Waals surface area contributed by atoms with Gasteiger partial charge < -0.3 is 9.64 Å². The highest BCUT2D eigenvalue weighted by atomic mass is 19.1. The molecule has 0 aliphatic rings. The maximum Gasteiger partial charge on any atom is 0.282 e.